The molecule has 0 amide bonds. The van der Waals surface area contributed by atoms with Crippen molar-refractivity contribution in [2.75, 3.05) is 24.7 Å². The highest BCUT2D eigenvalue weighted by Gasteiger charge is 2.26. The van der Waals surface area contributed by atoms with Gasteiger partial charge in [0.25, 0.3) is 0 Å². The molecule has 5 nitrogen and oxygen atoms in total. The van der Waals surface area contributed by atoms with E-state index >= 15 is 0 Å². The maximum Gasteiger partial charge on any atom is 0.157 e. The maximum atomic E-state index is 6.03. The van der Waals surface area contributed by atoms with Crippen LogP contribution in [0.15, 0.2) is 12.3 Å². The SMILES string of the molecule is CC(C)(CCOC1CCCCO1)c1nccc(N)c1N. The number of nitrogens with zero attached hydrogens (tertiary/aromatic N) is 1. The van der Waals surface area contributed by atoms with E-state index in [-0.39, 0.29) is 11.7 Å². The van der Waals surface area contributed by atoms with Crippen LogP contribution in [0.25, 0.3) is 0 Å². The van der Waals surface area contributed by atoms with Gasteiger partial charge in [0.15, 0.2) is 6.29 Å². The summed E-state index contributed by atoms with van der Waals surface area (Å²) in [6.07, 6.45) is 5.78. The number of nitrogens with two attached hydrogens (primary N) is 2. The summed E-state index contributed by atoms with van der Waals surface area (Å²) >= 11 is 0. The van der Waals surface area contributed by atoms with Crippen molar-refractivity contribution < 1.29 is 9.47 Å². The lowest BCUT2D eigenvalue weighted by atomic mass is 9.84. The van der Waals surface area contributed by atoms with E-state index in [9.17, 15) is 0 Å². The van der Waals surface area contributed by atoms with E-state index in [4.69, 9.17) is 20.9 Å². The molecule has 4 N–H and O–H groups in total. The zero-order valence-electron chi connectivity index (χ0n) is 12.4. The van der Waals surface area contributed by atoms with Crippen molar-refractivity contribution in [1.29, 1.82) is 0 Å². The molecule has 1 atom stereocenters. The Labute approximate surface area is 120 Å². The van der Waals surface area contributed by atoms with Gasteiger partial charge >= 0.3 is 0 Å². The van der Waals surface area contributed by atoms with Crippen molar-refractivity contribution in [3.63, 3.8) is 0 Å². The zero-order valence-corrected chi connectivity index (χ0v) is 12.4. The van der Waals surface area contributed by atoms with E-state index < -0.39 is 0 Å². The van der Waals surface area contributed by atoms with Crippen LogP contribution in [0.1, 0.15) is 45.2 Å². The number of ether oxygens (including phenoxy) is 2. The Balaban J connectivity index is 1.91. The first kappa shape index (κ1) is 15.1. The minimum Gasteiger partial charge on any atom is -0.397 e. The first-order chi connectivity index (χ1) is 9.50. The highest BCUT2D eigenvalue weighted by atomic mass is 16.7. The molecule has 0 aromatic carbocycles. The average molecular weight is 279 g/mol. The Kier molecular flexibility index (Phi) is 4.83. The van der Waals surface area contributed by atoms with E-state index in [1.165, 1.54) is 6.42 Å². The molecule has 0 aliphatic carbocycles. The quantitative estimate of drug-likeness (QED) is 0.865. The van der Waals surface area contributed by atoms with Crippen LogP contribution in [0.3, 0.4) is 0 Å². The van der Waals surface area contributed by atoms with E-state index in [1.54, 1.807) is 12.3 Å². The van der Waals surface area contributed by atoms with Gasteiger partial charge in [0.05, 0.1) is 23.7 Å². The monoisotopic (exact) mass is 279 g/mol. The molecule has 0 bridgehead atoms. The van der Waals surface area contributed by atoms with Crippen LogP contribution >= 0.6 is 0 Å². The van der Waals surface area contributed by atoms with Crippen LogP contribution in [0.5, 0.6) is 0 Å². The number of pyridine rings is 1. The first-order valence-electron chi connectivity index (χ1n) is 7.24. The third-order valence-corrected chi connectivity index (χ3v) is 3.83. The van der Waals surface area contributed by atoms with E-state index in [2.05, 4.69) is 18.8 Å². The number of hydrogen-bond donors (Lipinski definition) is 2. The van der Waals surface area contributed by atoms with Gasteiger partial charge in [0.1, 0.15) is 0 Å². The standard InChI is InChI=1S/C15H25N3O2/c1-15(2,14-13(17)11(16)6-8-18-14)7-10-20-12-5-3-4-9-19-12/h6,8,12H,3-5,7,9-10,17H2,1-2H3,(H2,16,18). The van der Waals surface area contributed by atoms with Crippen molar-refractivity contribution in [2.45, 2.75) is 51.2 Å². The molecular weight excluding hydrogens is 254 g/mol. The molecule has 1 aliphatic rings. The Bertz CT molecular complexity index is 443. The normalized spacial score (nSPS) is 20.0. The molecule has 0 saturated carbocycles. The Morgan fingerprint density at radius 2 is 2.20 bits per heavy atom. The van der Waals surface area contributed by atoms with Crippen LogP contribution in [0, 0.1) is 0 Å². The lowest BCUT2D eigenvalue weighted by Gasteiger charge is -2.28. The molecule has 5 heteroatoms. The van der Waals surface area contributed by atoms with Crippen molar-refractivity contribution in [1.82, 2.24) is 4.98 Å². The molecule has 1 aromatic heterocycles. The molecule has 1 aliphatic heterocycles. The maximum absolute atomic E-state index is 6.03. The van der Waals surface area contributed by atoms with Gasteiger partial charge in [0.2, 0.25) is 0 Å². The van der Waals surface area contributed by atoms with Crippen molar-refractivity contribution in [2.24, 2.45) is 0 Å². The summed E-state index contributed by atoms with van der Waals surface area (Å²) in [7, 11) is 0. The molecule has 20 heavy (non-hydrogen) atoms. The molecule has 0 radical (unpaired) electrons. The molecule has 112 valence electrons. The summed E-state index contributed by atoms with van der Waals surface area (Å²) in [4.78, 5) is 4.38. The number of hydrogen-bond acceptors (Lipinski definition) is 5. The molecule has 1 saturated heterocycles. The molecule has 0 spiro atoms. The van der Waals surface area contributed by atoms with Gasteiger partial charge in [-0.05, 0) is 31.7 Å². The predicted octanol–water partition coefficient (Wildman–Crippen LogP) is 2.46. The smallest absolute Gasteiger partial charge is 0.157 e. The second kappa shape index (κ2) is 6.41. The zero-order chi connectivity index (χ0) is 14.6. The summed E-state index contributed by atoms with van der Waals surface area (Å²) in [5.41, 5.74) is 13.7. The summed E-state index contributed by atoms with van der Waals surface area (Å²) < 4.78 is 11.3. The summed E-state index contributed by atoms with van der Waals surface area (Å²) in [5.74, 6) is 0. The van der Waals surface area contributed by atoms with Gasteiger partial charge in [-0.1, -0.05) is 13.8 Å². The lowest BCUT2D eigenvalue weighted by molar-refractivity contribution is -0.164. The van der Waals surface area contributed by atoms with Gasteiger partial charge in [-0.2, -0.15) is 0 Å². The first-order valence-corrected chi connectivity index (χ1v) is 7.24. The van der Waals surface area contributed by atoms with Crippen LogP contribution < -0.4 is 11.5 Å². The fraction of sp³-hybridized carbons (Fsp3) is 0.667. The predicted molar refractivity (Wildman–Crippen MR) is 80.2 cm³/mol. The van der Waals surface area contributed by atoms with Crippen LogP contribution in [-0.2, 0) is 14.9 Å². The average Bonchev–Trinajstić information content (AvgIpc) is 2.42. The second-order valence-corrected chi connectivity index (χ2v) is 5.96. The van der Waals surface area contributed by atoms with Crippen LogP contribution in [-0.4, -0.2) is 24.5 Å². The van der Waals surface area contributed by atoms with Crippen molar-refractivity contribution >= 4 is 11.4 Å². The minimum absolute atomic E-state index is 0.0503. The highest BCUT2D eigenvalue weighted by molar-refractivity contribution is 5.66. The number of anilines is 2. The highest BCUT2D eigenvalue weighted by Crippen LogP contribution is 2.32. The van der Waals surface area contributed by atoms with E-state index in [0.717, 1.165) is 31.6 Å². The summed E-state index contributed by atoms with van der Waals surface area (Å²) in [6, 6.07) is 1.72. The fourth-order valence-electron chi connectivity index (χ4n) is 2.43. The van der Waals surface area contributed by atoms with Gasteiger partial charge in [-0.25, -0.2) is 0 Å². The van der Waals surface area contributed by atoms with Gasteiger partial charge < -0.3 is 20.9 Å². The number of rotatable bonds is 5. The largest absolute Gasteiger partial charge is 0.397 e. The molecule has 2 rings (SSSR count). The topological polar surface area (TPSA) is 83.4 Å². The van der Waals surface area contributed by atoms with Gasteiger partial charge in [0, 0.05) is 18.2 Å². The molecule has 1 aromatic rings. The Morgan fingerprint density at radius 1 is 1.40 bits per heavy atom. The summed E-state index contributed by atoms with van der Waals surface area (Å²) in [5, 5.41) is 0. The Morgan fingerprint density at radius 3 is 2.90 bits per heavy atom. The van der Waals surface area contributed by atoms with Gasteiger partial charge in [-0.3, -0.25) is 4.98 Å². The van der Waals surface area contributed by atoms with E-state index in [1.807, 2.05) is 0 Å². The fourth-order valence-corrected chi connectivity index (χ4v) is 2.43. The second-order valence-electron chi connectivity index (χ2n) is 5.96. The van der Waals surface area contributed by atoms with Gasteiger partial charge in [-0.15, -0.1) is 0 Å². The van der Waals surface area contributed by atoms with Crippen LogP contribution in [0.4, 0.5) is 11.4 Å². The summed E-state index contributed by atoms with van der Waals surface area (Å²) in [6.45, 7) is 5.65. The van der Waals surface area contributed by atoms with Crippen molar-refractivity contribution in [3.8, 4) is 0 Å². The molecule has 2 heterocycles. The Hall–Kier alpha value is -1.33. The van der Waals surface area contributed by atoms with Crippen molar-refractivity contribution in [3.05, 3.63) is 18.0 Å². The number of aromatic nitrogens is 1. The lowest BCUT2D eigenvalue weighted by Crippen LogP contribution is -2.27. The third-order valence-electron chi connectivity index (χ3n) is 3.83. The number of nitrogen functional groups attached to an aromatic ring is 2. The van der Waals surface area contributed by atoms with Crippen LogP contribution in [0.2, 0.25) is 0 Å². The molecule has 1 fully saturated rings. The minimum atomic E-state index is -0.172. The molecule has 1 unspecified atom stereocenters. The van der Waals surface area contributed by atoms with E-state index in [0.29, 0.717) is 18.0 Å². The molecular formula is C15H25N3O2. The third kappa shape index (κ3) is 3.61.